The normalized spacial score (nSPS) is 24.0. The summed E-state index contributed by atoms with van der Waals surface area (Å²) in [6.07, 6.45) is 3.45. The van der Waals surface area contributed by atoms with Crippen LogP contribution in [0.25, 0.3) is 0 Å². The highest BCUT2D eigenvalue weighted by Crippen LogP contribution is 2.61. The number of aromatic nitrogens is 1. The Labute approximate surface area is 141 Å². The molecule has 2 aromatic rings. The highest BCUT2D eigenvalue weighted by Gasteiger charge is 2.57. The number of nitrogens with one attached hydrogen (secondary N) is 2. The van der Waals surface area contributed by atoms with Gasteiger partial charge in [0, 0.05) is 17.7 Å². The van der Waals surface area contributed by atoms with Gasteiger partial charge in [0.25, 0.3) is 11.5 Å². The Bertz CT molecular complexity index is 883. The average molecular weight is 322 g/mol. The lowest BCUT2D eigenvalue weighted by atomic mass is 9.95. The van der Waals surface area contributed by atoms with E-state index < -0.39 is 0 Å². The van der Waals surface area contributed by atoms with E-state index in [2.05, 4.69) is 34.6 Å². The van der Waals surface area contributed by atoms with Gasteiger partial charge < -0.3 is 10.3 Å². The van der Waals surface area contributed by atoms with Crippen LogP contribution in [0.5, 0.6) is 0 Å². The summed E-state index contributed by atoms with van der Waals surface area (Å²) in [4.78, 5) is 27.2. The lowest BCUT2D eigenvalue weighted by Gasteiger charge is -2.12. The number of hydrogen-bond acceptors (Lipinski definition) is 2. The van der Waals surface area contributed by atoms with Crippen LogP contribution in [0.4, 0.5) is 0 Å². The predicted octanol–water partition coefficient (Wildman–Crippen LogP) is 2.63. The molecule has 0 aliphatic heterocycles. The van der Waals surface area contributed by atoms with Gasteiger partial charge in [0.05, 0.1) is 0 Å². The number of benzene rings is 1. The van der Waals surface area contributed by atoms with E-state index in [9.17, 15) is 9.59 Å². The molecular formula is C20H22N2O2. The van der Waals surface area contributed by atoms with Crippen molar-refractivity contribution in [2.75, 3.05) is 6.54 Å². The van der Waals surface area contributed by atoms with E-state index in [0.29, 0.717) is 12.5 Å². The van der Waals surface area contributed by atoms with Crippen LogP contribution in [-0.2, 0) is 11.8 Å². The summed E-state index contributed by atoms with van der Waals surface area (Å²) < 4.78 is 0. The molecule has 1 aromatic carbocycles. The van der Waals surface area contributed by atoms with Gasteiger partial charge in [-0.05, 0) is 61.8 Å². The van der Waals surface area contributed by atoms with Gasteiger partial charge in [0.1, 0.15) is 5.56 Å². The predicted molar refractivity (Wildman–Crippen MR) is 93.4 cm³/mol. The zero-order valence-electron chi connectivity index (χ0n) is 14.1. The molecule has 2 aliphatic rings. The molecule has 0 unspecified atom stereocenters. The van der Waals surface area contributed by atoms with Crippen molar-refractivity contribution in [3.05, 3.63) is 68.6 Å². The maximum absolute atomic E-state index is 12.4. The maximum Gasteiger partial charge on any atom is 0.261 e. The summed E-state index contributed by atoms with van der Waals surface area (Å²) >= 11 is 0. The summed E-state index contributed by atoms with van der Waals surface area (Å²) in [5.74, 6) is 0.219. The van der Waals surface area contributed by atoms with Crippen LogP contribution in [0.3, 0.4) is 0 Å². The average Bonchev–Trinajstić information content (AvgIpc) is 3.11. The molecule has 4 rings (SSSR count). The molecule has 1 aromatic heterocycles. The van der Waals surface area contributed by atoms with Crippen molar-refractivity contribution in [3.63, 3.8) is 0 Å². The van der Waals surface area contributed by atoms with E-state index in [1.165, 1.54) is 17.5 Å². The Morgan fingerprint density at radius 1 is 1.33 bits per heavy atom. The summed E-state index contributed by atoms with van der Waals surface area (Å²) in [5.41, 5.74) is 4.62. The number of amides is 1. The topological polar surface area (TPSA) is 62.0 Å². The molecule has 2 aliphatic carbocycles. The second kappa shape index (κ2) is 5.33. The quantitative estimate of drug-likeness (QED) is 0.912. The van der Waals surface area contributed by atoms with Gasteiger partial charge in [-0.2, -0.15) is 0 Å². The van der Waals surface area contributed by atoms with Crippen molar-refractivity contribution in [3.8, 4) is 0 Å². The molecule has 0 bridgehead atoms. The van der Waals surface area contributed by atoms with Crippen molar-refractivity contribution < 1.29 is 4.79 Å². The Balaban J connectivity index is 1.47. The number of fused-ring (bicyclic) bond motifs is 2. The van der Waals surface area contributed by atoms with Crippen molar-refractivity contribution in [1.82, 2.24) is 10.3 Å². The van der Waals surface area contributed by atoms with Gasteiger partial charge in [0.2, 0.25) is 0 Å². The van der Waals surface area contributed by atoms with Gasteiger partial charge >= 0.3 is 0 Å². The van der Waals surface area contributed by atoms with E-state index in [0.717, 1.165) is 24.1 Å². The van der Waals surface area contributed by atoms with Crippen molar-refractivity contribution >= 4 is 5.91 Å². The third-order valence-electron chi connectivity index (χ3n) is 5.73. The zero-order valence-corrected chi connectivity index (χ0v) is 14.1. The summed E-state index contributed by atoms with van der Waals surface area (Å²) in [5, 5.41) is 2.99. The minimum atomic E-state index is -0.304. The standard InChI is InChI=1S/C20H22N2O2/c1-12-9-13(2)22-19(24)17(12)18(23)21-11-15-10-20(15)8-7-14-5-3-4-6-16(14)20/h3-6,9,15H,7-8,10-11H2,1-2H3,(H,21,23)(H,22,24)/t15-,20+/m0/s1. The van der Waals surface area contributed by atoms with Crippen molar-refractivity contribution in [2.45, 2.75) is 38.5 Å². The Hall–Kier alpha value is -2.36. The largest absolute Gasteiger partial charge is 0.352 e. The Morgan fingerprint density at radius 3 is 2.92 bits per heavy atom. The number of carbonyl (C=O) groups excluding carboxylic acids is 1. The number of aromatic amines is 1. The van der Waals surface area contributed by atoms with Crippen LogP contribution in [0.2, 0.25) is 0 Å². The molecule has 0 saturated heterocycles. The lowest BCUT2D eigenvalue weighted by Crippen LogP contribution is -2.33. The van der Waals surface area contributed by atoms with Gasteiger partial charge in [-0.3, -0.25) is 9.59 Å². The minimum Gasteiger partial charge on any atom is -0.352 e. The van der Waals surface area contributed by atoms with Crippen LogP contribution in [0, 0.1) is 19.8 Å². The number of pyridine rings is 1. The van der Waals surface area contributed by atoms with E-state index in [-0.39, 0.29) is 22.4 Å². The van der Waals surface area contributed by atoms with E-state index in [4.69, 9.17) is 0 Å². The Kier molecular flexibility index (Phi) is 3.37. The molecule has 1 saturated carbocycles. The second-order valence-electron chi connectivity index (χ2n) is 7.26. The second-order valence-corrected chi connectivity index (χ2v) is 7.26. The fraction of sp³-hybridized carbons (Fsp3) is 0.400. The highest BCUT2D eigenvalue weighted by molar-refractivity contribution is 5.95. The molecule has 4 nitrogen and oxygen atoms in total. The molecule has 1 heterocycles. The van der Waals surface area contributed by atoms with Crippen LogP contribution in [-0.4, -0.2) is 17.4 Å². The molecule has 2 N–H and O–H groups in total. The van der Waals surface area contributed by atoms with Gasteiger partial charge in [-0.1, -0.05) is 24.3 Å². The smallest absolute Gasteiger partial charge is 0.261 e. The van der Waals surface area contributed by atoms with Gasteiger partial charge in [-0.15, -0.1) is 0 Å². The molecule has 1 amide bonds. The van der Waals surface area contributed by atoms with Crippen molar-refractivity contribution in [2.24, 2.45) is 5.92 Å². The third kappa shape index (κ3) is 2.29. The van der Waals surface area contributed by atoms with E-state index >= 15 is 0 Å². The van der Waals surface area contributed by atoms with Gasteiger partial charge in [0.15, 0.2) is 0 Å². The first-order valence-electron chi connectivity index (χ1n) is 8.58. The van der Waals surface area contributed by atoms with Crippen LogP contribution >= 0.6 is 0 Å². The van der Waals surface area contributed by atoms with Gasteiger partial charge in [-0.25, -0.2) is 0 Å². The molecule has 4 heteroatoms. The number of rotatable bonds is 3. The molecule has 124 valence electrons. The molecule has 1 spiro atoms. The fourth-order valence-electron chi connectivity index (χ4n) is 4.44. The maximum atomic E-state index is 12.4. The Morgan fingerprint density at radius 2 is 2.12 bits per heavy atom. The molecule has 1 fully saturated rings. The number of hydrogen-bond donors (Lipinski definition) is 2. The zero-order chi connectivity index (χ0) is 16.9. The molecule has 2 atom stereocenters. The van der Waals surface area contributed by atoms with Crippen LogP contribution in [0.1, 0.15) is 45.6 Å². The summed E-state index contributed by atoms with van der Waals surface area (Å²) in [7, 11) is 0. The summed E-state index contributed by atoms with van der Waals surface area (Å²) in [6.45, 7) is 4.27. The molecular weight excluding hydrogens is 300 g/mol. The monoisotopic (exact) mass is 322 g/mol. The molecule has 24 heavy (non-hydrogen) atoms. The third-order valence-corrected chi connectivity index (χ3v) is 5.73. The van der Waals surface area contributed by atoms with Crippen LogP contribution in [0.15, 0.2) is 35.1 Å². The number of H-pyrrole nitrogens is 1. The van der Waals surface area contributed by atoms with E-state index in [1.807, 2.05) is 19.9 Å². The lowest BCUT2D eigenvalue weighted by molar-refractivity contribution is 0.0948. The van der Waals surface area contributed by atoms with Crippen molar-refractivity contribution in [1.29, 1.82) is 0 Å². The molecule has 0 radical (unpaired) electrons. The first-order chi connectivity index (χ1) is 11.5. The summed E-state index contributed by atoms with van der Waals surface area (Å²) in [6, 6.07) is 10.5. The van der Waals surface area contributed by atoms with Crippen LogP contribution < -0.4 is 10.9 Å². The SMILES string of the molecule is Cc1cc(C)c(C(=O)NC[C@@H]2C[C@]23CCc2ccccc23)c(=O)[nH]1. The first kappa shape index (κ1) is 15.2. The highest BCUT2D eigenvalue weighted by atomic mass is 16.2. The minimum absolute atomic E-state index is 0.238. The first-order valence-corrected chi connectivity index (χ1v) is 8.58. The number of carbonyl (C=O) groups is 1. The van der Waals surface area contributed by atoms with E-state index in [1.54, 1.807) is 0 Å². The number of aryl methyl sites for hydroxylation is 3. The fourth-order valence-corrected chi connectivity index (χ4v) is 4.44.